The fourth-order valence-corrected chi connectivity index (χ4v) is 5.03. The number of nitriles is 1. The van der Waals surface area contributed by atoms with Crippen LogP contribution < -0.4 is 4.90 Å². The molecule has 1 aromatic rings. The highest BCUT2D eigenvalue weighted by molar-refractivity contribution is 6.30. The van der Waals surface area contributed by atoms with Gasteiger partial charge in [-0.2, -0.15) is 5.26 Å². The van der Waals surface area contributed by atoms with Crippen molar-refractivity contribution in [1.82, 2.24) is 9.80 Å². The van der Waals surface area contributed by atoms with E-state index < -0.39 is 0 Å². The molecule has 0 aliphatic carbocycles. The molecule has 3 aliphatic rings. The summed E-state index contributed by atoms with van der Waals surface area (Å²) in [6.07, 6.45) is 6.25. The summed E-state index contributed by atoms with van der Waals surface area (Å²) in [6, 6.07) is 8.56. The Morgan fingerprint density at radius 3 is 2.92 bits per heavy atom. The highest BCUT2D eigenvalue weighted by atomic mass is 35.5. The van der Waals surface area contributed by atoms with Gasteiger partial charge in [0, 0.05) is 36.9 Å². The summed E-state index contributed by atoms with van der Waals surface area (Å²) in [4.78, 5) is 19.1. The van der Waals surface area contributed by atoms with Crippen molar-refractivity contribution >= 4 is 23.2 Å². The molecule has 0 saturated carbocycles. The second-order valence-electron chi connectivity index (χ2n) is 7.47. The van der Waals surface area contributed by atoms with Crippen LogP contribution in [0.15, 0.2) is 24.3 Å². The molecular formula is C19H23ClN4O. The van der Waals surface area contributed by atoms with E-state index in [1.807, 2.05) is 41.1 Å². The molecule has 3 saturated heterocycles. The Labute approximate surface area is 153 Å². The third-order valence-electron chi connectivity index (χ3n) is 6.18. The molecule has 3 heterocycles. The number of amides is 1. The van der Waals surface area contributed by atoms with Gasteiger partial charge in [-0.25, -0.2) is 0 Å². The minimum atomic E-state index is 0.0265. The number of hydrogen-bond acceptors (Lipinski definition) is 4. The zero-order chi connectivity index (χ0) is 17.6. The second kappa shape index (κ2) is 6.42. The first kappa shape index (κ1) is 16.5. The van der Waals surface area contributed by atoms with Gasteiger partial charge in [-0.3, -0.25) is 4.79 Å². The Bertz CT molecular complexity index is 718. The lowest BCUT2D eigenvalue weighted by Crippen LogP contribution is -2.47. The molecule has 25 heavy (non-hydrogen) atoms. The molecule has 132 valence electrons. The van der Waals surface area contributed by atoms with E-state index >= 15 is 0 Å². The van der Waals surface area contributed by atoms with Crippen LogP contribution in [-0.2, 0) is 4.79 Å². The van der Waals surface area contributed by atoms with Gasteiger partial charge in [0.25, 0.3) is 0 Å². The summed E-state index contributed by atoms with van der Waals surface area (Å²) in [6.45, 7) is 1.62. The molecule has 1 aromatic carbocycles. The zero-order valence-corrected chi connectivity index (χ0v) is 15.2. The predicted octanol–water partition coefficient (Wildman–Crippen LogP) is 2.71. The molecule has 3 aliphatic heterocycles. The van der Waals surface area contributed by atoms with E-state index in [-0.39, 0.29) is 23.9 Å². The van der Waals surface area contributed by atoms with Gasteiger partial charge >= 0.3 is 0 Å². The number of carbonyl (C=O) groups is 1. The van der Waals surface area contributed by atoms with E-state index in [4.69, 9.17) is 11.6 Å². The Morgan fingerprint density at radius 1 is 1.36 bits per heavy atom. The molecule has 0 N–H and O–H groups in total. The summed E-state index contributed by atoms with van der Waals surface area (Å²) >= 11 is 6.09. The molecule has 2 bridgehead atoms. The fraction of sp³-hybridized carbons (Fsp3) is 0.579. The van der Waals surface area contributed by atoms with Gasteiger partial charge in [0.1, 0.15) is 0 Å². The first-order chi connectivity index (χ1) is 12.1. The van der Waals surface area contributed by atoms with Crippen LogP contribution in [0.25, 0.3) is 0 Å². The van der Waals surface area contributed by atoms with Crippen LogP contribution in [0.3, 0.4) is 0 Å². The third-order valence-corrected chi connectivity index (χ3v) is 6.41. The van der Waals surface area contributed by atoms with Gasteiger partial charge in [0.05, 0.1) is 18.0 Å². The molecule has 5 nitrogen and oxygen atoms in total. The van der Waals surface area contributed by atoms with Gasteiger partial charge in [-0.15, -0.1) is 0 Å². The van der Waals surface area contributed by atoms with Crippen molar-refractivity contribution in [2.45, 2.75) is 43.8 Å². The molecule has 6 heteroatoms. The summed E-state index contributed by atoms with van der Waals surface area (Å²) < 4.78 is 0. The van der Waals surface area contributed by atoms with Crippen molar-refractivity contribution in [2.24, 2.45) is 5.92 Å². The number of nitrogens with zero attached hydrogens (tertiary/aromatic N) is 4. The van der Waals surface area contributed by atoms with Crippen LogP contribution in [0, 0.1) is 17.4 Å². The van der Waals surface area contributed by atoms with Crippen molar-refractivity contribution < 1.29 is 4.79 Å². The molecule has 0 aromatic heterocycles. The average Bonchev–Trinajstić information content (AvgIpc) is 3.34. The van der Waals surface area contributed by atoms with E-state index in [0.29, 0.717) is 6.04 Å². The summed E-state index contributed by atoms with van der Waals surface area (Å²) in [5.74, 6) is 0.249. The SMILES string of the molecule is CN(C(=O)[C@H]1CCN(c2cccc(Cl)c2)C1)[C@@H]1C[C@@H]2CC[C@H]1N2C#N. The molecule has 4 rings (SSSR count). The van der Waals surface area contributed by atoms with Crippen molar-refractivity contribution in [3.63, 3.8) is 0 Å². The molecule has 1 amide bonds. The summed E-state index contributed by atoms with van der Waals surface area (Å²) in [5, 5.41) is 10.1. The van der Waals surface area contributed by atoms with Gasteiger partial charge in [-0.1, -0.05) is 17.7 Å². The van der Waals surface area contributed by atoms with E-state index in [2.05, 4.69) is 11.1 Å². The smallest absolute Gasteiger partial charge is 0.227 e. The monoisotopic (exact) mass is 358 g/mol. The highest BCUT2D eigenvalue weighted by Crippen LogP contribution is 2.40. The van der Waals surface area contributed by atoms with Crippen molar-refractivity contribution in [1.29, 1.82) is 5.26 Å². The van der Waals surface area contributed by atoms with Crippen LogP contribution in [0.5, 0.6) is 0 Å². The lowest BCUT2D eigenvalue weighted by atomic mass is 9.93. The number of hydrogen-bond donors (Lipinski definition) is 0. The van der Waals surface area contributed by atoms with Gasteiger partial charge in [-0.05, 0) is 43.9 Å². The van der Waals surface area contributed by atoms with Crippen LogP contribution in [0.1, 0.15) is 25.7 Å². The molecule has 0 unspecified atom stereocenters. The maximum absolute atomic E-state index is 13.0. The van der Waals surface area contributed by atoms with Crippen LogP contribution in [0.2, 0.25) is 5.02 Å². The molecule has 3 fully saturated rings. The van der Waals surface area contributed by atoms with Crippen LogP contribution >= 0.6 is 11.6 Å². The highest BCUT2D eigenvalue weighted by Gasteiger charge is 2.49. The summed E-state index contributed by atoms with van der Waals surface area (Å²) in [5.41, 5.74) is 1.08. The number of anilines is 1. The van der Waals surface area contributed by atoms with Gasteiger partial charge in [0.2, 0.25) is 5.91 Å². The third kappa shape index (κ3) is 2.83. The number of rotatable bonds is 3. The number of fused-ring (bicyclic) bond motifs is 2. The van der Waals surface area contributed by atoms with E-state index in [1.165, 1.54) is 0 Å². The second-order valence-corrected chi connectivity index (χ2v) is 7.91. The maximum Gasteiger partial charge on any atom is 0.227 e. The first-order valence-corrected chi connectivity index (χ1v) is 9.41. The topological polar surface area (TPSA) is 50.6 Å². The van der Waals surface area contributed by atoms with E-state index in [0.717, 1.165) is 49.5 Å². The number of likely N-dealkylation sites (N-methyl/N-ethyl adjacent to an activating group) is 1. The summed E-state index contributed by atoms with van der Waals surface area (Å²) in [7, 11) is 1.92. The lowest BCUT2D eigenvalue weighted by molar-refractivity contribution is -0.136. The maximum atomic E-state index is 13.0. The Morgan fingerprint density at radius 2 is 2.20 bits per heavy atom. The number of carbonyl (C=O) groups excluding carboxylic acids is 1. The largest absolute Gasteiger partial charge is 0.371 e. The van der Waals surface area contributed by atoms with Gasteiger partial charge in [0.15, 0.2) is 6.19 Å². The molecule has 0 spiro atoms. The molecule has 4 atom stereocenters. The molecule has 0 radical (unpaired) electrons. The van der Waals surface area contributed by atoms with Crippen molar-refractivity contribution in [3.8, 4) is 6.19 Å². The zero-order valence-electron chi connectivity index (χ0n) is 14.4. The Balaban J connectivity index is 1.41. The minimum Gasteiger partial charge on any atom is -0.371 e. The molecular weight excluding hydrogens is 336 g/mol. The van der Waals surface area contributed by atoms with Crippen molar-refractivity contribution in [3.05, 3.63) is 29.3 Å². The van der Waals surface area contributed by atoms with Gasteiger partial charge < -0.3 is 14.7 Å². The Hall–Kier alpha value is -1.93. The standard InChI is InChI=1S/C19H23ClN4O/c1-22(18-10-16-5-6-17(18)24(16)12-21)19(25)13-7-8-23(11-13)15-4-2-3-14(20)9-15/h2-4,9,13,16-18H,5-8,10-11H2,1H3/t13-,16-,17+,18+/m0/s1. The average molecular weight is 359 g/mol. The van der Waals surface area contributed by atoms with E-state index in [9.17, 15) is 10.1 Å². The fourth-order valence-electron chi connectivity index (χ4n) is 4.85. The number of halogens is 1. The number of benzene rings is 1. The minimum absolute atomic E-state index is 0.0265. The normalized spacial score (nSPS) is 30.6. The first-order valence-electron chi connectivity index (χ1n) is 9.03. The van der Waals surface area contributed by atoms with E-state index in [1.54, 1.807) is 0 Å². The van der Waals surface area contributed by atoms with Crippen LogP contribution in [0.4, 0.5) is 5.69 Å². The van der Waals surface area contributed by atoms with Crippen LogP contribution in [-0.4, -0.2) is 54.0 Å². The lowest BCUT2D eigenvalue weighted by Gasteiger charge is -2.32. The van der Waals surface area contributed by atoms with Crippen molar-refractivity contribution in [2.75, 3.05) is 25.0 Å². The predicted molar refractivity (Wildman–Crippen MR) is 97.2 cm³/mol. The quantitative estimate of drug-likeness (QED) is 0.779. The Kier molecular flexibility index (Phi) is 4.24.